The summed E-state index contributed by atoms with van der Waals surface area (Å²) in [5, 5.41) is 2.95. The van der Waals surface area contributed by atoms with Crippen molar-refractivity contribution >= 4 is 43.4 Å². The van der Waals surface area contributed by atoms with Crippen molar-refractivity contribution in [1.82, 2.24) is 9.88 Å². The molecule has 0 aliphatic heterocycles. The number of nitrogens with one attached hydrogen (secondary N) is 1. The van der Waals surface area contributed by atoms with E-state index < -0.39 is 11.6 Å². The van der Waals surface area contributed by atoms with Gasteiger partial charge < -0.3 is 9.88 Å². The molecule has 0 saturated carbocycles. The average Bonchev–Trinajstić information content (AvgIpc) is 3.20. The third-order valence-corrected chi connectivity index (χ3v) is 6.23. The number of fused-ring (bicyclic) bond motifs is 1. The molecule has 2 aromatic heterocycles. The second-order valence-corrected chi connectivity index (χ2v) is 9.30. The van der Waals surface area contributed by atoms with Crippen molar-refractivity contribution in [3.8, 4) is 0 Å². The number of nitrogens with zero attached hydrogens (tertiary/aromatic N) is 1. The molecule has 2 aromatic carbocycles. The number of carbonyl (C=O) groups excluding carboxylic acids is 1. The van der Waals surface area contributed by atoms with Crippen molar-refractivity contribution in [3.05, 3.63) is 92.4 Å². The van der Waals surface area contributed by atoms with Crippen molar-refractivity contribution in [1.29, 1.82) is 0 Å². The fraction of sp³-hybridized carbons (Fsp3) is 0.136. The summed E-state index contributed by atoms with van der Waals surface area (Å²) in [5.41, 5.74) is 4.07. The third-order valence-electron chi connectivity index (χ3n) is 4.65. The Hall–Kier alpha value is -2.51. The Morgan fingerprint density at radius 3 is 2.66 bits per heavy atom. The van der Waals surface area contributed by atoms with Crippen LogP contribution in [-0.4, -0.2) is 10.5 Å². The zero-order valence-corrected chi connectivity index (χ0v) is 17.9. The van der Waals surface area contributed by atoms with Crippen LogP contribution in [0.2, 0.25) is 0 Å². The molecule has 3 nitrogen and oxygen atoms in total. The Morgan fingerprint density at radius 1 is 1.07 bits per heavy atom. The molecule has 4 aromatic rings. The summed E-state index contributed by atoms with van der Waals surface area (Å²) in [6.45, 7) is 2.68. The van der Waals surface area contributed by atoms with Crippen LogP contribution in [0, 0.1) is 18.6 Å². The fourth-order valence-corrected chi connectivity index (χ4v) is 4.85. The summed E-state index contributed by atoms with van der Waals surface area (Å²) in [7, 11) is 0. The highest BCUT2D eigenvalue weighted by Crippen LogP contribution is 2.33. The van der Waals surface area contributed by atoms with Gasteiger partial charge in [0.25, 0.3) is 5.91 Å². The van der Waals surface area contributed by atoms with Crippen molar-refractivity contribution in [2.75, 3.05) is 0 Å². The quantitative estimate of drug-likeness (QED) is 0.376. The lowest BCUT2D eigenvalue weighted by Crippen LogP contribution is -2.25. The van der Waals surface area contributed by atoms with Gasteiger partial charge in [-0.15, -0.1) is 11.3 Å². The zero-order valence-electron chi connectivity index (χ0n) is 15.5. The van der Waals surface area contributed by atoms with E-state index in [1.807, 2.05) is 47.9 Å². The summed E-state index contributed by atoms with van der Waals surface area (Å²) in [6.07, 6.45) is 0. The van der Waals surface area contributed by atoms with E-state index in [9.17, 15) is 13.6 Å². The summed E-state index contributed by atoms with van der Waals surface area (Å²) in [4.78, 5) is 12.9. The second kappa shape index (κ2) is 8.08. The first-order valence-corrected chi connectivity index (χ1v) is 10.6. The summed E-state index contributed by atoms with van der Waals surface area (Å²) in [6, 6.07) is 15.5. The number of carbonyl (C=O) groups is 1. The minimum Gasteiger partial charge on any atom is -0.347 e. The number of aromatic nitrogens is 1. The molecular weight excluding hydrogens is 458 g/mol. The highest BCUT2D eigenvalue weighted by molar-refractivity contribution is 9.11. The molecule has 0 unspecified atom stereocenters. The van der Waals surface area contributed by atoms with Crippen molar-refractivity contribution < 1.29 is 13.6 Å². The van der Waals surface area contributed by atoms with E-state index in [-0.39, 0.29) is 12.5 Å². The maximum Gasteiger partial charge on any atom is 0.268 e. The molecule has 0 saturated heterocycles. The van der Waals surface area contributed by atoms with Crippen molar-refractivity contribution in [2.45, 2.75) is 20.0 Å². The van der Waals surface area contributed by atoms with Crippen molar-refractivity contribution in [2.24, 2.45) is 0 Å². The molecule has 2 heterocycles. The molecule has 0 radical (unpaired) electrons. The standard InChI is InChI=1S/C22H17BrF2N2OS/c1-13-3-2-4-14(7-13)11-26-22(28)19-9-20-18(10-21(23)29-20)27(19)12-15-5-6-16(24)17(25)8-15/h2-10H,11-12H2,1H3,(H,26,28). The first kappa shape index (κ1) is 19.8. The maximum atomic E-state index is 13.7. The van der Waals surface area contributed by atoms with Gasteiger partial charge in [0.1, 0.15) is 5.69 Å². The number of rotatable bonds is 5. The number of halogens is 3. The Balaban J connectivity index is 1.64. The minimum absolute atomic E-state index is 0.214. The molecule has 7 heteroatoms. The van der Waals surface area contributed by atoms with Gasteiger partial charge in [-0.3, -0.25) is 4.79 Å². The van der Waals surface area contributed by atoms with Crippen LogP contribution >= 0.6 is 27.3 Å². The number of thiophene rings is 1. The molecule has 1 N–H and O–H groups in total. The van der Waals surface area contributed by atoms with E-state index in [2.05, 4.69) is 21.2 Å². The van der Waals surface area contributed by atoms with Gasteiger partial charge in [0.15, 0.2) is 11.6 Å². The molecule has 0 aliphatic carbocycles. The highest BCUT2D eigenvalue weighted by Gasteiger charge is 2.18. The molecule has 1 amide bonds. The van der Waals surface area contributed by atoms with Gasteiger partial charge in [0.05, 0.1) is 14.0 Å². The predicted molar refractivity (Wildman–Crippen MR) is 115 cm³/mol. The van der Waals surface area contributed by atoms with Crippen LogP contribution in [0.5, 0.6) is 0 Å². The molecular formula is C22H17BrF2N2OS. The largest absolute Gasteiger partial charge is 0.347 e. The van der Waals surface area contributed by atoms with Crippen LogP contribution in [0.25, 0.3) is 10.2 Å². The molecule has 4 rings (SSSR count). The van der Waals surface area contributed by atoms with Gasteiger partial charge in [-0.1, -0.05) is 35.9 Å². The lowest BCUT2D eigenvalue weighted by Gasteiger charge is -2.12. The minimum atomic E-state index is -0.900. The lowest BCUT2D eigenvalue weighted by atomic mass is 10.1. The molecule has 0 spiro atoms. The van der Waals surface area contributed by atoms with E-state index >= 15 is 0 Å². The zero-order chi connectivity index (χ0) is 20.5. The Kier molecular flexibility index (Phi) is 5.52. The molecule has 148 valence electrons. The van der Waals surface area contributed by atoms with E-state index in [4.69, 9.17) is 0 Å². The van der Waals surface area contributed by atoms with Crippen LogP contribution in [0.1, 0.15) is 27.2 Å². The van der Waals surface area contributed by atoms with Gasteiger partial charge >= 0.3 is 0 Å². The smallest absolute Gasteiger partial charge is 0.268 e. The summed E-state index contributed by atoms with van der Waals surface area (Å²) >= 11 is 4.99. The second-order valence-electron chi connectivity index (χ2n) is 6.84. The number of benzene rings is 2. The normalized spacial score (nSPS) is 11.2. The van der Waals surface area contributed by atoms with Crippen molar-refractivity contribution in [3.63, 3.8) is 0 Å². The first-order valence-electron chi connectivity index (χ1n) is 8.97. The topological polar surface area (TPSA) is 34.0 Å². The number of hydrogen-bond donors (Lipinski definition) is 1. The predicted octanol–water partition coefficient (Wildman–Crippen LogP) is 6.03. The van der Waals surface area contributed by atoms with E-state index in [0.717, 1.165) is 37.3 Å². The van der Waals surface area contributed by atoms with Gasteiger partial charge in [-0.2, -0.15) is 0 Å². The first-order chi connectivity index (χ1) is 13.9. The van der Waals surface area contributed by atoms with Crippen LogP contribution in [0.15, 0.2) is 58.4 Å². The van der Waals surface area contributed by atoms with E-state index in [1.165, 1.54) is 17.4 Å². The highest BCUT2D eigenvalue weighted by atomic mass is 79.9. The molecule has 0 fully saturated rings. The van der Waals surface area contributed by atoms with Crippen LogP contribution in [0.4, 0.5) is 8.78 Å². The van der Waals surface area contributed by atoms with E-state index in [0.29, 0.717) is 17.8 Å². The Labute approximate surface area is 179 Å². The fourth-order valence-electron chi connectivity index (χ4n) is 3.29. The lowest BCUT2D eigenvalue weighted by molar-refractivity contribution is 0.0942. The number of amides is 1. The molecule has 0 aliphatic rings. The number of aryl methyl sites for hydroxylation is 1. The van der Waals surface area contributed by atoms with Gasteiger partial charge in [-0.05, 0) is 58.2 Å². The summed E-state index contributed by atoms with van der Waals surface area (Å²) < 4.78 is 30.6. The summed E-state index contributed by atoms with van der Waals surface area (Å²) in [5.74, 6) is -2.00. The van der Waals surface area contributed by atoms with Gasteiger partial charge in [-0.25, -0.2) is 8.78 Å². The average molecular weight is 475 g/mol. The van der Waals surface area contributed by atoms with Gasteiger partial charge in [0, 0.05) is 13.1 Å². The monoisotopic (exact) mass is 474 g/mol. The van der Waals surface area contributed by atoms with Crippen LogP contribution in [-0.2, 0) is 13.1 Å². The molecule has 0 bridgehead atoms. The Bertz CT molecular complexity index is 1210. The molecule has 0 atom stereocenters. The van der Waals surface area contributed by atoms with Crippen LogP contribution in [0.3, 0.4) is 0 Å². The maximum absolute atomic E-state index is 13.7. The van der Waals surface area contributed by atoms with E-state index in [1.54, 1.807) is 0 Å². The SMILES string of the molecule is Cc1cccc(CNC(=O)c2cc3sc(Br)cc3n2Cc2ccc(F)c(F)c2)c1. The molecule has 29 heavy (non-hydrogen) atoms. The number of hydrogen-bond acceptors (Lipinski definition) is 2. The third kappa shape index (κ3) is 4.26. The van der Waals surface area contributed by atoms with Crippen LogP contribution < -0.4 is 5.32 Å². The van der Waals surface area contributed by atoms with Gasteiger partial charge in [0.2, 0.25) is 0 Å². The Morgan fingerprint density at radius 2 is 1.90 bits per heavy atom.